The number of likely N-dealkylation sites (tertiary alicyclic amines) is 1. The highest BCUT2D eigenvalue weighted by Gasteiger charge is 2.28. The molecule has 1 heterocycles. The molecule has 108 valence electrons. The summed E-state index contributed by atoms with van der Waals surface area (Å²) in [5, 5.41) is 3.00. The number of anilines is 1. The zero-order chi connectivity index (χ0) is 14.5. The topological polar surface area (TPSA) is 32.3 Å². The number of rotatable bonds is 4. The molecule has 2 aromatic rings. The van der Waals surface area contributed by atoms with E-state index in [0.717, 1.165) is 31.7 Å². The molecule has 0 aromatic heterocycles. The van der Waals surface area contributed by atoms with Gasteiger partial charge in [-0.25, -0.2) is 0 Å². The van der Waals surface area contributed by atoms with Gasteiger partial charge in [-0.1, -0.05) is 48.5 Å². The normalized spacial score (nSPS) is 18.6. The lowest BCUT2D eigenvalue weighted by atomic mass is 10.1. The van der Waals surface area contributed by atoms with Gasteiger partial charge in [0.15, 0.2) is 0 Å². The number of benzene rings is 2. The van der Waals surface area contributed by atoms with Crippen molar-refractivity contribution in [2.24, 2.45) is 5.92 Å². The Labute approximate surface area is 125 Å². The Kier molecular flexibility index (Phi) is 4.31. The number of para-hydroxylation sites is 1. The van der Waals surface area contributed by atoms with Crippen LogP contribution in [0.1, 0.15) is 12.0 Å². The van der Waals surface area contributed by atoms with Crippen molar-refractivity contribution >= 4 is 11.6 Å². The van der Waals surface area contributed by atoms with Gasteiger partial charge >= 0.3 is 0 Å². The van der Waals surface area contributed by atoms with Crippen LogP contribution >= 0.6 is 0 Å². The van der Waals surface area contributed by atoms with Crippen LogP contribution in [0.15, 0.2) is 60.7 Å². The van der Waals surface area contributed by atoms with Crippen LogP contribution in [0.5, 0.6) is 0 Å². The van der Waals surface area contributed by atoms with Crippen molar-refractivity contribution in [2.75, 3.05) is 18.4 Å². The summed E-state index contributed by atoms with van der Waals surface area (Å²) in [4.78, 5) is 14.6. The second-order valence-corrected chi connectivity index (χ2v) is 5.56. The zero-order valence-corrected chi connectivity index (χ0v) is 12.0. The molecular formula is C18H20N2O. The summed E-state index contributed by atoms with van der Waals surface area (Å²) >= 11 is 0. The second-order valence-electron chi connectivity index (χ2n) is 5.56. The number of hydrogen-bond acceptors (Lipinski definition) is 2. The monoisotopic (exact) mass is 280 g/mol. The Morgan fingerprint density at radius 2 is 1.71 bits per heavy atom. The highest BCUT2D eigenvalue weighted by Crippen LogP contribution is 2.20. The van der Waals surface area contributed by atoms with Crippen molar-refractivity contribution in [3.8, 4) is 0 Å². The number of nitrogens with one attached hydrogen (secondary N) is 1. The van der Waals surface area contributed by atoms with Gasteiger partial charge in [0.2, 0.25) is 5.91 Å². The Bertz CT molecular complexity index is 583. The van der Waals surface area contributed by atoms with Crippen LogP contribution in [0.25, 0.3) is 0 Å². The third kappa shape index (κ3) is 3.70. The number of carbonyl (C=O) groups is 1. The maximum atomic E-state index is 12.3. The predicted octanol–water partition coefficient (Wildman–Crippen LogP) is 3.15. The fraction of sp³-hybridized carbons (Fsp3) is 0.278. The molecule has 1 N–H and O–H groups in total. The van der Waals surface area contributed by atoms with Crippen molar-refractivity contribution in [3.05, 3.63) is 66.2 Å². The highest BCUT2D eigenvalue weighted by atomic mass is 16.1. The summed E-state index contributed by atoms with van der Waals surface area (Å²) in [6.45, 7) is 2.76. The van der Waals surface area contributed by atoms with Crippen molar-refractivity contribution in [1.82, 2.24) is 4.90 Å². The summed E-state index contributed by atoms with van der Waals surface area (Å²) in [6.07, 6.45) is 0.936. The van der Waals surface area contributed by atoms with Gasteiger partial charge in [-0.3, -0.25) is 9.69 Å². The van der Waals surface area contributed by atoms with E-state index in [-0.39, 0.29) is 11.8 Å². The highest BCUT2D eigenvalue weighted by molar-refractivity contribution is 5.92. The van der Waals surface area contributed by atoms with Crippen LogP contribution in [-0.2, 0) is 11.3 Å². The van der Waals surface area contributed by atoms with E-state index in [4.69, 9.17) is 0 Å². The van der Waals surface area contributed by atoms with Crippen LogP contribution in [0.3, 0.4) is 0 Å². The number of hydrogen-bond donors (Lipinski definition) is 1. The first-order valence-corrected chi connectivity index (χ1v) is 7.43. The average Bonchev–Trinajstić information content (AvgIpc) is 2.98. The summed E-state index contributed by atoms with van der Waals surface area (Å²) in [7, 11) is 0. The minimum atomic E-state index is 0.0916. The van der Waals surface area contributed by atoms with E-state index >= 15 is 0 Å². The molecule has 0 bridgehead atoms. The molecule has 1 atom stereocenters. The molecule has 21 heavy (non-hydrogen) atoms. The smallest absolute Gasteiger partial charge is 0.228 e. The molecule has 1 fully saturated rings. The second kappa shape index (κ2) is 6.55. The van der Waals surface area contributed by atoms with Crippen LogP contribution < -0.4 is 5.32 Å². The zero-order valence-electron chi connectivity index (χ0n) is 12.0. The van der Waals surface area contributed by atoms with Crippen LogP contribution in [-0.4, -0.2) is 23.9 Å². The van der Waals surface area contributed by atoms with E-state index < -0.39 is 0 Å². The molecule has 1 aliphatic heterocycles. The van der Waals surface area contributed by atoms with Crippen LogP contribution in [0.2, 0.25) is 0 Å². The van der Waals surface area contributed by atoms with Gasteiger partial charge in [-0.15, -0.1) is 0 Å². The van der Waals surface area contributed by atoms with Crippen molar-refractivity contribution in [3.63, 3.8) is 0 Å². The van der Waals surface area contributed by atoms with Gasteiger partial charge in [0.05, 0.1) is 5.92 Å². The largest absolute Gasteiger partial charge is 0.326 e. The summed E-state index contributed by atoms with van der Waals surface area (Å²) in [5.74, 6) is 0.227. The van der Waals surface area contributed by atoms with Gasteiger partial charge in [0.1, 0.15) is 0 Å². The first kappa shape index (κ1) is 13.8. The quantitative estimate of drug-likeness (QED) is 0.933. The molecule has 1 aliphatic rings. The third-order valence-electron chi connectivity index (χ3n) is 3.93. The van der Waals surface area contributed by atoms with E-state index in [1.165, 1.54) is 5.56 Å². The van der Waals surface area contributed by atoms with Crippen molar-refractivity contribution in [1.29, 1.82) is 0 Å². The molecule has 3 nitrogen and oxygen atoms in total. The fourth-order valence-corrected chi connectivity index (χ4v) is 2.80. The van der Waals surface area contributed by atoms with Gasteiger partial charge in [-0.2, -0.15) is 0 Å². The summed E-state index contributed by atoms with van der Waals surface area (Å²) in [6, 6.07) is 20.1. The first-order valence-electron chi connectivity index (χ1n) is 7.43. The third-order valence-corrected chi connectivity index (χ3v) is 3.93. The Hall–Kier alpha value is -2.13. The lowest BCUT2D eigenvalue weighted by Gasteiger charge is -2.16. The van der Waals surface area contributed by atoms with E-state index in [9.17, 15) is 4.79 Å². The van der Waals surface area contributed by atoms with E-state index in [0.29, 0.717) is 0 Å². The van der Waals surface area contributed by atoms with Gasteiger partial charge in [0, 0.05) is 18.8 Å². The molecule has 1 saturated heterocycles. The van der Waals surface area contributed by atoms with Crippen LogP contribution in [0, 0.1) is 5.92 Å². The fourth-order valence-electron chi connectivity index (χ4n) is 2.80. The predicted molar refractivity (Wildman–Crippen MR) is 84.9 cm³/mol. The van der Waals surface area contributed by atoms with Gasteiger partial charge in [0.25, 0.3) is 0 Å². The van der Waals surface area contributed by atoms with Crippen LogP contribution in [0.4, 0.5) is 5.69 Å². The standard InChI is InChI=1S/C18H20N2O/c21-18(19-17-9-5-2-6-10-17)16-11-12-20(14-16)13-15-7-3-1-4-8-15/h1-10,16H,11-14H2,(H,19,21). The molecule has 2 aromatic carbocycles. The van der Waals surface area contributed by atoms with E-state index in [1.807, 2.05) is 36.4 Å². The SMILES string of the molecule is O=C(Nc1ccccc1)C1CCN(Cc2ccccc2)C1. The minimum absolute atomic E-state index is 0.0916. The Balaban J connectivity index is 1.53. The van der Waals surface area contributed by atoms with Crippen molar-refractivity contribution in [2.45, 2.75) is 13.0 Å². The van der Waals surface area contributed by atoms with Gasteiger partial charge < -0.3 is 5.32 Å². The van der Waals surface area contributed by atoms with E-state index in [1.54, 1.807) is 0 Å². The lowest BCUT2D eigenvalue weighted by Crippen LogP contribution is -2.26. The molecule has 3 heteroatoms. The van der Waals surface area contributed by atoms with Gasteiger partial charge in [-0.05, 0) is 30.7 Å². The maximum Gasteiger partial charge on any atom is 0.228 e. The van der Waals surface area contributed by atoms with Crippen molar-refractivity contribution < 1.29 is 4.79 Å². The molecule has 3 rings (SSSR count). The van der Waals surface area contributed by atoms with E-state index in [2.05, 4.69) is 34.5 Å². The average molecular weight is 280 g/mol. The Morgan fingerprint density at radius 3 is 2.43 bits per heavy atom. The maximum absolute atomic E-state index is 12.3. The molecular weight excluding hydrogens is 260 g/mol. The first-order chi connectivity index (χ1) is 10.3. The molecule has 0 spiro atoms. The minimum Gasteiger partial charge on any atom is -0.326 e. The number of carbonyl (C=O) groups excluding carboxylic acids is 1. The summed E-state index contributed by atoms with van der Waals surface area (Å²) < 4.78 is 0. The number of nitrogens with zero attached hydrogens (tertiary/aromatic N) is 1. The molecule has 0 aliphatic carbocycles. The molecule has 1 amide bonds. The lowest BCUT2D eigenvalue weighted by molar-refractivity contribution is -0.119. The number of amides is 1. The Morgan fingerprint density at radius 1 is 1.05 bits per heavy atom. The summed E-state index contributed by atoms with van der Waals surface area (Å²) in [5.41, 5.74) is 2.19. The molecule has 0 radical (unpaired) electrons. The molecule has 0 saturated carbocycles. The molecule has 1 unspecified atom stereocenters.